The maximum Gasteiger partial charge on any atom is 0.325 e. The molecular formula is C12H19N3O4S. The first-order valence-corrected chi connectivity index (χ1v) is 7.56. The fraction of sp³-hybridized carbons (Fsp3) is 0.500. The van der Waals surface area contributed by atoms with E-state index >= 15 is 0 Å². The second-order valence-electron chi connectivity index (χ2n) is 4.60. The number of nitrogens with one attached hydrogen (secondary N) is 1. The van der Waals surface area contributed by atoms with E-state index in [0.717, 1.165) is 0 Å². The summed E-state index contributed by atoms with van der Waals surface area (Å²) in [6.45, 7) is 7.99. The molecule has 8 heteroatoms. The van der Waals surface area contributed by atoms with Crippen LogP contribution in [0.2, 0.25) is 0 Å². The van der Waals surface area contributed by atoms with E-state index in [0.29, 0.717) is 12.1 Å². The van der Waals surface area contributed by atoms with E-state index in [1.54, 1.807) is 13.0 Å². The zero-order valence-electron chi connectivity index (χ0n) is 11.8. The van der Waals surface area contributed by atoms with Crippen molar-refractivity contribution in [2.45, 2.75) is 44.7 Å². The molecule has 0 aliphatic carbocycles. The van der Waals surface area contributed by atoms with Gasteiger partial charge in [0.1, 0.15) is 11.4 Å². The van der Waals surface area contributed by atoms with Crippen LogP contribution in [0.15, 0.2) is 17.6 Å². The van der Waals surface area contributed by atoms with Gasteiger partial charge in [-0.2, -0.15) is 5.10 Å². The standard InChI is InChI=1S/C12H19N3O4S/c1-5-6-8(2)14-20(18,19)12-9(3)13-15(10(12)4)7-11(16)17/h5,8,14H,1,6-7H2,2-4H3,(H,16,17). The highest BCUT2D eigenvalue weighted by atomic mass is 32.2. The topological polar surface area (TPSA) is 101 Å². The van der Waals surface area contributed by atoms with E-state index in [-0.39, 0.29) is 23.2 Å². The summed E-state index contributed by atoms with van der Waals surface area (Å²) >= 11 is 0. The lowest BCUT2D eigenvalue weighted by atomic mass is 10.3. The Labute approximate surface area is 118 Å². The van der Waals surface area contributed by atoms with Crippen LogP contribution in [0.25, 0.3) is 0 Å². The first kappa shape index (κ1) is 16.4. The Hall–Kier alpha value is -1.67. The van der Waals surface area contributed by atoms with Gasteiger partial charge < -0.3 is 5.11 Å². The summed E-state index contributed by atoms with van der Waals surface area (Å²) in [6, 6.07) is -0.292. The van der Waals surface area contributed by atoms with Crippen LogP contribution in [0.3, 0.4) is 0 Å². The van der Waals surface area contributed by atoms with Crippen molar-refractivity contribution in [2.24, 2.45) is 0 Å². The van der Waals surface area contributed by atoms with E-state index in [1.807, 2.05) is 0 Å². The average Bonchev–Trinajstić information content (AvgIpc) is 2.52. The van der Waals surface area contributed by atoms with Gasteiger partial charge in [-0.25, -0.2) is 13.1 Å². The van der Waals surface area contributed by atoms with Gasteiger partial charge in [-0.15, -0.1) is 6.58 Å². The van der Waals surface area contributed by atoms with E-state index in [4.69, 9.17) is 5.11 Å². The van der Waals surface area contributed by atoms with Crippen LogP contribution in [-0.4, -0.2) is 35.3 Å². The van der Waals surface area contributed by atoms with Crippen molar-refractivity contribution in [1.29, 1.82) is 0 Å². The smallest absolute Gasteiger partial charge is 0.325 e. The first-order chi connectivity index (χ1) is 9.19. The molecule has 0 saturated heterocycles. The van der Waals surface area contributed by atoms with Crippen molar-refractivity contribution >= 4 is 16.0 Å². The van der Waals surface area contributed by atoms with Crippen LogP contribution < -0.4 is 4.72 Å². The highest BCUT2D eigenvalue weighted by Gasteiger charge is 2.26. The third-order valence-corrected chi connectivity index (χ3v) is 4.59. The summed E-state index contributed by atoms with van der Waals surface area (Å²) in [5.41, 5.74) is 0.588. The van der Waals surface area contributed by atoms with E-state index in [1.165, 1.54) is 18.5 Å². The Balaban J connectivity index is 3.15. The van der Waals surface area contributed by atoms with Crippen LogP contribution in [0, 0.1) is 13.8 Å². The quantitative estimate of drug-likeness (QED) is 0.726. The summed E-state index contributed by atoms with van der Waals surface area (Å²) < 4.78 is 28.3. The highest BCUT2D eigenvalue weighted by molar-refractivity contribution is 7.89. The largest absolute Gasteiger partial charge is 0.480 e. The van der Waals surface area contributed by atoms with Crippen LogP contribution in [0.5, 0.6) is 0 Å². The number of carbonyl (C=O) groups is 1. The number of rotatable bonds is 7. The lowest BCUT2D eigenvalue weighted by molar-refractivity contribution is -0.137. The molecule has 0 aliphatic heterocycles. The van der Waals surface area contributed by atoms with Crippen molar-refractivity contribution in [3.8, 4) is 0 Å². The minimum Gasteiger partial charge on any atom is -0.480 e. The summed E-state index contributed by atoms with van der Waals surface area (Å²) in [5.74, 6) is -1.08. The predicted octanol–water partition coefficient (Wildman–Crippen LogP) is 0.827. The van der Waals surface area contributed by atoms with Gasteiger partial charge in [0.05, 0.1) is 11.4 Å². The molecule has 0 aliphatic rings. The lowest BCUT2D eigenvalue weighted by Gasteiger charge is -2.12. The fourth-order valence-corrected chi connectivity index (χ4v) is 3.64. The van der Waals surface area contributed by atoms with Gasteiger partial charge >= 0.3 is 5.97 Å². The van der Waals surface area contributed by atoms with Gasteiger partial charge in [-0.1, -0.05) is 6.08 Å². The van der Waals surface area contributed by atoms with Gasteiger partial charge in [0.25, 0.3) is 0 Å². The van der Waals surface area contributed by atoms with E-state index in [9.17, 15) is 13.2 Å². The molecule has 0 aromatic carbocycles. The molecule has 112 valence electrons. The van der Waals surface area contributed by atoms with Crippen LogP contribution in [0.1, 0.15) is 24.7 Å². The number of aromatic nitrogens is 2. The number of nitrogens with zero attached hydrogens (tertiary/aromatic N) is 2. The van der Waals surface area contributed by atoms with Gasteiger partial charge in [0, 0.05) is 6.04 Å². The summed E-state index contributed by atoms with van der Waals surface area (Å²) in [7, 11) is -3.73. The van der Waals surface area contributed by atoms with Crippen molar-refractivity contribution in [2.75, 3.05) is 0 Å². The number of hydrogen-bond acceptors (Lipinski definition) is 4. The molecule has 2 N–H and O–H groups in total. The Morgan fingerprint density at radius 2 is 2.15 bits per heavy atom. The maximum atomic E-state index is 12.3. The number of sulfonamides is 1. The van der Waals surface area contributed by atoms with E-state index in [2.05, 4.69) is 16.4 Å². The number of aliphatic carboxylic acids is 1. The fourth-order valence-electron chi connectivity index (χ4n) is 1.97. The predicted molar refractivity (Wildman–Crippen MR) is 73.9 cm³/mol. The minimum absolute atomic E-state index is 0.0367. The minimum atomic E-state index is -3.73. The van der Waals surface area contributed by atoms with E-state index < -0.39 is 16.0 Å². The normalized spacial score (nSPS) is 13.2. The molecule has 1 heterocycles. The van der Waals surface area contributed by atoms with Gasteiger partial charge in [-0.05, 0) is 27.2 Å². The van der Waals surface area contributed by atoms with Crippen LogP contribution >= 0.6 is 0 Å². The molecule has 7 nitrogen and oxygen atoms in total. The molecule has 0 fully saturated rings. The van der Waals surface area contributed by atoms with Gasteiger partial charge in [0.15, 0.2) is 0 Å². The Bertz CT molecular complexity index is 619. The SMILES string of the molecule is C=CCC(C)NS(=O)(=O)c1c(C)nn(CC(=O)O)c1C. The highest BCUT2D eigenvalue weighted by Crippen LogP contribution is 2.19. The van der Waals surface area contributed by atoms with Crippen molar-refractivity contribution in [3.63, 3.8) is 0 Å². The molecule has 0 radical (unpaired) electrons. The molecule has 1 aromatic rings. The van der Waals surface area contributed by atoms with Gasteiger partial charge in [-0.3, -0.25) is 9.48 Å². The zero-order chi connectivity index (χ0) is 15.5. The second-order valence-corrected chi connectivity index (χ2v) is 6.25. The second kappa shape index (κ2) is 6.19. The summed E-state index contributed by atoms with van der Waals surface area (Å²) in [5, 5.41) is 12.7. The molecular weight excluding hydrogens is 282 g/mol. The Morgan fingerprint density at radius 3 is 2.65 bits per heavy atom. The number of hydrogen-bond donors (Lipinski definition) is 2. The molecule has 1 rings (SSSR count). The van der Waals surface area contributed by atoms with Crippen LogP contribution in [0.4, 0.5) is 0 Å². The maximum absolute atomic E-state index is 12.3. The summed E-state index contributed by atoms with van der Waals surface area (Å²) in [4.78, 5) is 10.8. The number of carboxylic acid groups (broad SMARTS) is 1. The Morgan fingerprint density at radius 1 is 1.55 bits per heavy atom. The monoisotopic (exact) mass is 301 g/mol. The van der Waals surface area contributed by atoms with Gasteiger partial charge in [0.2, 0.25) is 10.0 Å². The van der Waals surface area contributed by atoms with Crippen molar-refractivity contribution in [1.82, 2.24) is 14.5 Å². The molecule has 20 heavy (non-hydrogen) atoms. The molecule has 1 atom stereocenters. The molecule has 0 spiro atoms. The number of aryl methyl sites for hydroxylation is 1. The summed E-state index contributed by atoms with van der Waals surface area (Å²) in [6.07, 6.45) is 2.13. The molecule has 0 bridgehead atoms. The molecule has 0 amide bonds. The lowest BCUT2D eigenvalue weighted by Crippen LogP contribution is -2.32. The molecule has 1 unspecified atom stereocenters. The van der Waals surface area contributed by atoms with Crippen molar-refractivity contribution in [3.05, 3.63) is 24.0 Å². The zero-order valence-corrected chi connectivity index (χ0v) is 12.6. The molecule has 1 aromatic heterocycles. The first-order valence-electron chi connectivity index (χ1n) is 6.08. The third kappa shape index (κ3) is 3.67. The molecule has 0 saturated carbocycles. The van der Waals surface area contributed by atoms with Crippen LogP contribution in [-0.2, 0) is 21.4 Å². The third-order valence-electron chi connectivity index (χ3n) is 2.75. The number of carboxylic acids is 1. The van der Waals surface area contributed by atoms with Crippen molar-refractivity contribution < 1.29 is 18.3 Å². The Kier molecular flexibility index (Phi) is 5.07. The average molecular weight is 301 g/mol.